The Balaban J connectivity index is 1.49. The fourth-order valence-electron chi connectivity index (χ4n) is 3.72. The van der Waals surface area contributed by atoms with Crippen LogP contribution in [0.3, 0.4) is 0 Å². The van der Waals surface area contributed by atoms with E-state index >= 15 is 0 Å². The van der Waals surface area contributed by atoms with Gasteiger partial charge >= 0.3 is 0 Å². The molecule has 0 saturated heterocycles. The van der Waals surface area contributed by atoms with Crippen molar-refractivity contribution in [3.05, 3.63) is 58.6 Å². The first kappa shape index (κ1) is 23.2. The monoisotopic (exact) mass is 463 g/mol. The Morgan fingerprint density at radius 2 is 1.84 bits per heavy atom. The minimum atomic E-state index is -3.75. The molecule has 2 amide bonds. The van der Waals surface area contributed by atoms with Crippen molar-refractivity contribution in [1.82, 2.24) is 10.0 Å². The summed E-state index contributed by atoms with van der Waals surface area (Å²) in [6, 6.07) is 12.1. The van der Waals surface area contributed by atoms with Crippen molar-refractivity contribution in [2.24, 2.45) is 0 Å². The zero-order valence-electron chi connectivity index (χ0n) is 17.5. The molecular weight excluding hydrogens is 438 g/mol. The van der Waals surface area contributed by atoms with Crippen LogP contribution in [0.1, 0.15) is 31.4 Å². The van der Waals surface area contributed by atoms with Gasteiger partial charge in [0.15, 0.2) is 0 Å². The van der Waals surface area contributed by atoms with Gasteiger partial charge in [-0.15, -0.1) is 0 Å². The van der Waals surface area contributed by atoms with Crippen LogP contribution in [0.5, 0.6) is 0 Å². The second-order valence-electron chi connectivity index (χ2n) is 7.61. The zero-order chi connectivity index (χ0) is 22.6. The highest BCUT2D eigenvalue weighted by atomic mass is 35.5. The maximum Gasteiger partial charge on any atom is 0.240 e. The Labute approximate surface area is 187 Å². The van der Waals surface area contributed by atoms with Crippen molar-refractivity contribution in [3.8, 4) is 0 Å². The van der Waals surface area contributed by atoms with E-state index in [1.807, 2.05) is 19.1 Å². The lowest BCUT2D eigenvalue weighted by atomic mass is 10.1. The Morgan fingerprint density at radius 1 is 1.13 bits per heavy atom. The van der Waals surface area contributed by atoms with Gasteiger partial charge in [-0.2, -0.15) is 0 Å². The van der Waals surface area contributed by atoms with Crippen LogP contribution >= 0.6 is 11.6 Å². The number of rotatable bonds is 8. The summed E-state index contributed by atoms with van der Waals surface area (Å²) in [6.07, 6.45) is 1.31. The van der Waals surface area contributed by atoms with Gasteiger partial charge in [-0.1, -0.05) is 23.7 Å². The number of amides is 2. The average Bonchev–Trinajstić information content (AvgIpc) is 3.04. The molecule has 0 fully saturated rings. The Morgan fingerprint density at radius 3 is 2.52 bits per heavy atom. The molecule has 1 aliphatic rings. The molecule has 0 unspecified atom stereocenters. The van der Waals surface area contributed by atoms with Crippen LogP contribution in [0.25, 0.3) is 0 Å². The molecule has 0 aliphatic carbocycles. The lowest BCUT2D eigenvalue weighted by Gasteiger charge is -2.20. The van der Waals surface area contributed by atoms with E-state index in [0.29, 0.717) is 24.4 Å². The number of carbonyl (C=O) groups is 2. The van der Waals surface area contributed by atoms with Crippen molar-refractivity contribution < 1.29 is 18.0 Å². The summed E-state index contributed by atoms with van der Waals surface area (Å²) >= 11 is 5.85. The second kappa shape index (κ2) is 9.80. The zero-order valence-corrected chi connectivity index (χ0v) is 19.1. The molecule has 9 heteroatoms. The molecule has 0 spiro atoms. The molecular formula is C22H26ClN3O4S. The molecule has 0 saturated carbocycles. The maximum atomic E-state index is 12.6. The molecule has 1 aliphatic heterocycles. The van der Waals surface area contributed by atoms with E-state index in [0.717, 1.165) is 16.8 Å². The van der Waals surface area contributed by atoms with Crippen molar-refractivity contribution >= 4 is 39.1 Å². The van der Waals surface area contributed by atoms with E-state index < -0.39 is 10.0 Å². The summed E-state index contributed by atoms with van der Waals surface area (Å²) < 4.78 is 27.7. The van der Waals surface area contributed by atoms with Crippen LogP contribution in [0.15, 0.2) is 47.4 Å². The molecule has 0 bridgehead atoms. The summed E-state index contributed by atoms with van der Waals surface area (Å²) in [5.41, 5.74) is 2.63. The van der Waals surface area contributed by atoms with Crippen LogP contribution in [0.2, 0.25) is 5.02 Å². The molecule has 31 heavy (non-hydrogen) atoms. The number of hydrogen-bond acceptors (Lipinski definition) is 4. The fraction of sp³-hybridized carbons (Fsp3) is 0.364. The molecule has 0 aromatic heterocycles. The Hall–Kier alpha value is -2.42. The van der Waals surface area contributed by atoms with Crippen LogP contribution in [0, 0.1) is 0 Å². The van der Waals surface area contributed by atoms with Gasteiger partial charge in [-0.3, -0.25) is 9.59 Å². The van der Waals surface area contributed by atoms with E-state index in [-0.39, 0.29) is 35.7 Å². The number of halogens is 1. The SMILES string of the molecule is CC(=O)N1c2ccc(S(=O)(=O)NCCC(=O)NCCc3ccc(Cl)cc3)cc2C[C@H]1C. The average molecular weight is 464 g/mol. The number of fused-ring (bicyclic) bond motifs is 1. The predicted octanol–water partition coefficient (Wildman–Crippen LogP) is 2.66. The van der Waals surface area contributed by atoms with E-state index in [4.69, 9.17) is 11.6 Å². The molecule has 2 aromatic rings. The minimum Gasteiger partial charge on any atom is -0.356 e. The number of carbonyl (C=O) groups excluding carboxylic acids is 2. The third-order valence-corrected chi connectivity index (χ3v) is 6.92. The highest BCUT2D eigenvalue weighted by molar-refractivity contribution is 7.89. The summed E-state index contributed by atoms with van der Waals surface area (Å²) in [7, 11) is -3.75. The summed E-state index contributed by atoms with van der Waals surface area (Å²) in [6.45, 7) is 3.89. The number of sulfonamides is 1. The van der Waals surface area contributed by atoms with Gasteiger partial charge in [0, 0.05) is 43.2 Å². The molecule has 0 radical (unpaired) electrons. The van der Waals surface area contributed by atoms with Crippen LogP contribution in [-0.2, 0) is 32.5 Å². The van der Waals surface area contributed by atoms with E-state index in [2.05, 4.69) is 10.0 Å². The first-order valence-corrected chi connectivity index (χ1v) is 12.0. The summed E-state index contributed by atoms with van der Waals surface area (Å²) in [5.74, 6) is -0.293. The second-order valence-corrected chi connectivity index (χ2v) is 9.81. The molecule has 2 aromatic carbocycles. The van der Waals surface area contributed by atoms with Crippen molar-refractivity contribution in [3.63, 3.8) is 0 Å². The lowest BCUT2D eigenvalue weighted by Crippen LogP contribution is -2.33. The first-order chi connectivity index (χ1) is 14.7. The number of hydrogen-bond donors (Lipinski definition) is 2. The maximum absolute atomic E-state index is 12.6. The summed E-state index contributed by atoms with van der Waals surface area (Å²) in [5, 5.41) is 3.44. The predicted molar refractivity (Wildman–Crippen MR) is 121 cm³/mol. The van der Waals surface area contributed by atoms with Gasteiger partial charge < -0.3 is 10.2 Å². The summed E-state index contributed by atoms with van der Waals surface area (Å²) in [4.78, 5) is 25.6. The standard InChI is InChI=1S/C22H26ClN3O4S/c1-15-13-18-14-20(7-8-21(18)26(15)16(2)27)31(29,30)25-12-10-22(28)24-11-9-17-3-5-19(23)6-4-17/h3-8,14-15,25H,9-13H2,1-2H3,(H,24,28)/t15-/m1/s1. The highest BCUT2D eigenvalue weighted by Gasteiger charge is 2.30. The Bertz CT molecular complexity index is 1070. The van der Waals surface area contributed by atoms with Gasteiger partial charge in [-0.25, -0.2) is 13.1 Å². The normalized spacial score (nSPS) is 15.6. The van der Waals surface area contributed by atoms with Gasteiger partial charge in [-0.05, 0) is 61.2 Å². The largest absolute Gasteiger partial charge is 0.356 e. The molecule has 1 heterocycles. The first-order valence-electron chi connectivity index (χ1n) is 10.1. The molecule has 3 rings (SSSR count). The fourth-order valence-corrected chi connectivity index (χ4v) is 4.93. The molecule has 2 N–H and O–H groups in total. The van der Waals surface area contributed by atoms with Crippen molar-refractivity contribution in [2.75, 3.05) is 18.0 Å². The molecule has 166 valence electrons. The third-order valence-electron chi connectivity index (χ3n) is 5.21. The van der Waals surface area contributed by atoms with Crippen LogP contribution in [0.4, 0.5) is 5.69 Å². The lowest BCUT2D eigenvalue weighted by molar-refractivity contribution is -0.121. The van der Waals surface area contributed by atoms with Gasteiger partial charge in [0.2, 0.25) is 21.8 Å². The van der Waals surface area contributed by atoms with E-state index in [1.165, 1.54) is 13.0 Å². The van der Waals surface area contributed by atoms with Gasteiger partial charge in [0.05, 0.1) is 4.90 Å². The minimum absolute atomic E-state index is 0.00215. The highest BCUT2D eigenvalue weighted by Crippen LogP contribution is 2.33. The number of anilines is 1. The Kier molecular flexibility index (Phi) is 7.35. The third kappa shape index (κ3) is 5.84. The quantitative estimate of drug-likeness (QED) is 0.629. The number of nitrogens with zero attached hydrogens (tertiary/aromatic N) is 1. The number of benzene rings is 2. The van der Waals surface area contributed by atoms with E-state index in [9.17, 15) is 18.0 Å². The van der Waals surface area contributed by atoms with Crippen LogP contribution < -0.4 is 14.9 Å². The van der Waals surface area contributed by atoms with Gasteiger partial charge in [0.25, 0.3) is 0 Å². The number of nitrogens with one attached hydrogen (secondary N) is 2. The smallest absolute Gasteiger partial charge is 0.240 e. The topological polar surface area (TPSA) is 95.6 Å². The van der Waals surface area contributed by atoms with Crippen molar-refractivity contribution in [1.29, 1.82) is 0 Å². The molecule has 7 nitrogen and oxygen atoms in total. The van der Waals surface area contributed by atoms with Gasteiger partial charge in [0.1, 0.15) is 0 Å². The van der Waals surface area contributed by atoms with E-state index in [1.54, 1.807) is 29.2 Å². The molecule has 1 atom stereocenters. The van der Waals surface area contributed by atoms with Crippen molar-refractivity contribution in [2.45, 2.75) is 44.0 Å². The van der Waals surface area contributed by atoms with Crippen LogP contribution in [-0.4, -0.2) is 39.4 Å².